The Morgan fingerprint density at radius 3 is 2.36 bits per heavy atom. The lowest BCUT2D eigenvalue weighted by molar-refractivity contribution is -0.137. The van der Waals surface area contributed by atoms with Crippen LogP contribution < -0.4 is 5.32 Å². The van der Waals surface area contributed by atoms with Gasteiger partial charge in [-0.15, -0.1) is 0 Å². The van der Waals surface area contributed by atoms with Crippen molar-refractivity contribution >= 4 is 34.3 Å². The molecule has 0 aliphatic rings. The maximum Gasteiger partial charge on any atom is 0.416 e. The molecule has 4 nitrogen and oxygen atoms in total. The Morgan fingerprint density at radius 1 is 0.909 bits per heavy atom. The molecule has 1 N–H and O–H groups in total. The summed E-state index contributed by atoms with van der Waals surface area (Å²) in [7, 11) is 0. The van der Waals surface area contributed by atoms with Crippen LogP contribution in [0.1, 0.15) is 5.56 Å². The van der Waals surface area contributed by atoms with Crippen LogP contribution in [0, 0.1) is 11.6 Å². The molecule has 33 heavy (non-hydrogen) atoms. The van der Waals surface area contributed by atoms with Crippen molar-refractivity contribution in [3.8, 4) is 11.4 Å². The predicted octanol–water partition coefficient (Wildman–Crippen LogP) is 6.32. The molecule has 0 bridgehead atoms. The number of benzene rings is 3. The molecule has 168 valence electrons. The summed E-state index contributed by atoms with van der Waals surface area (Å²) in [6, 6.07) is 13.7. The van der Waals surface area contributed by atoms with Gasteiger partial charge in [0.1, 0.15) is 16.7 Å². The standard InChI is InChI=1S/C23H14F5N3OS/c24-15-6-4-13(5-7-15)21-30-19-9-8-16(25)11-18(19)22(31-21)33-12-20(32)29-17-3-1-2-14(10-17)23(26,27)28/h1-11H,12H2,(H,29,32). The summed E-state index contributed by atoms with van der Waals surface area (Å²) in [6.45, 7) is 0. The van der Waals surface area contributed by atoms with Gasteiger partial charge in [-0.05, 0) is 60.7 Å². The monoisotopic (exact) mass is 475 g/mol. The average molecular weight is 475 g/mol. The third-order valence-electron chi connectivity index (χ3n) is 4.54. The Morgan fingerprint density at radius 2 is 1.64 bits per heavy atom. The maximum absolute atomic E-state index is 13.8. The maximum atomic E-state index is 13.8. The van der Waals surface area contributed by atoms with Crippen molar-refractivity contribution in [3.63, 3.8) is 0 Å². The molecule has 4 aromatic rings. The van der Waals surface area contributed by atoms with E-state index in [0.29, 0.717) is 21.5 Å². The van der Waals surface area contributed by atoms with Crippen molar-refractivity contribution in [2.75, 3.05) is 11.1 Å². The fourth-order valence-electron chi connectivity index (χ4n) is 3.01. The summed E-state index contributed by atoms with van der Waals surface area (Å²) < 4.78 is 65.7. The lowest BCUT2D eigenvalue weighted by Crippen LogP contribution is -2.15. The zero-order valence-corrected chi connectivity index (χ0v) is 17.5. The van der Waals surface area contributed by atoms with E-state index in [0.717, 1.165) is 23.9 Å². The Hall–Kier alpha value is -3.53. The van der Waals surface area contributed by atoms with Gasteiger partial charge in [0.25, 0.3) is 0 Å². The molecule has 1 aromatic heterocycles. The Kier molecular flexibility index (Phi) is 6.28. The molecular formula is C23H14F5N3OS. The molecule has 1 amide bonds. The minimum absolute atomic E-state index is 0.000941. The minimum Gasteiger partial charge on any atom is -0.325 e. The van der Waals surface area contributed by atoms with Crippen LogP contribution >= 0.6 is 11.8 Å². The first-order valence-corrected chi connectivity index (χ1v) is 10.5. The Labute approximate surface area is 188 Å². The SMILES string of the molecule is O=C(CSc1nc(-c2ccc(F)cc2)nc2ccc(F)cc12)Nc1cccc(C(F)(F)F)c1. The second kappa shape index (κ2) is 9.14. The molecule has 0 aliphatic carbocycles. The van der Waals surface area contributed by atoms with E-state index < -0.39 is 29.3 Å². The predicted molar refractivity (Wildman–Crippen MR) is 116 cm³/mol. The molecule has 0 saturated carbocycles. The first-order valence-electron chi connectivity index (χ1n) is 9.52. The van der Waals surface area contributed by atoms with E-state index in [1.54, 1.807) is 0 Å². The van der Waals surface area contributed by atoms with Crippen LogP contribution in [-0.4, -0.2) is 21.6 Å². The third-order valence-corrected chi connectivity index (χ3v) is 5.53. The smallest absolute Gasteiger partial charge is 0.325 e. The van der Waals surface area contributed by atoms with Crippen molar-refractivity contribution in [2.45, 2.75) is 11.2 Å². The summed E-state index contributed by atoms with van der Waals surface area (Å²) in [5, 5.41) is 3.09. The first kappa shape index (κ1) is 22.7. The molecule has 10 heteroatoms. The number of carbonyl (C=O) groups is 1. The quantitative estimate of drug-likeness (QED) is 0.208. The summed E-state index contributed by atoms with van der Waals surface area (Å²) in [4.78, 5) is 21.2. The number of aromatic nitrogens is 2. The number of alkyl halides is 3. The molecule has 0 fully saturated rings. The number of anilines is 1. The molecule has 1 heterocycles. The third kappa shape index (κ3) is 5.46. The molecule has 0 radical (unpaired) electrons. The second-order valence-electron chi connectivity index (χ2n) is 6.94. The van der Waals surface area contributed by atoms with Crippen LogP contribution in [0.2, 0.25) is 0 Å². The Balaban J connectivity index is 1.58. The number of fused-ring (bicyclic) bond motifs is 1. The van der Waals surface area contributed by atoms with Gasteiger partial charge in [-0.25, -0.2) is 18.7 Å². The largest absolute Gasteiger partial charge is 0.416 e. The van der Waals surface area contributed by atoms with Gasteiger partial charge in [-0.2, -0.15) is 13.2 Å². The normalized spacial score (nSPS) is 11.5. The average Bonchev–Trinajstić information content (AvgIpc) is 2.77. The summed E-state index contributed by atoms with van der Waals surface area (Å²) >= 11 is 0.982. The van der Waals surface area contributed by atoms with E-state index in [-0.39, 0.29) is 17.3 Å². The first-order chi connectivity index (χ1) is 15.7. The molecule has 0 unspecified atom stereocenters. The second-order valence-corrected chi connectivity index (χ2v) is 7.90. The molecule has 0 saturated heterocycles. The number of hydrogen-bond donors (Lipinski definition) is 1. The number of nitrogens with one attached hydrogen (secondary N) is 1. The molecular weight excluding hydrogens is 461 g/mol. The van der Waals surface area contributed by atoms with Crippen LogP contribution in [-0.2, 0) is 11.0 Å². The van der Waals surface area contributed by atoms with E-state index in [1.165, 1.54) is 54.6 Å². The van der Waals surface area contributed by atoms with Gasteiger partial charge in [0.05, 0.1) is 16.8 Å². The van der Waals surface area contributed by atoms with Crippen LogP contribution in [0.3, 0.4) is 0 Å². The molecule has 0 spiro atoms. The highest BCUT2D eigenvalue weighted by Crippen LogP contribution is 2.31. The highest BCUT2D eigenvalue weighted by Gasteiger charge is 2.30. The fraction of sp³-hybridized carbons (Fsp3) is 0.0870. The number of thioether (sulfide) groups is 1. The zero-order chi connectivity index (χ0) is 23.6. The topological polar surface area (TPSA) is 54.9 Å². The fourth-order valence-corrected chi connectivity index (χ4v) is 3.82. The van der Waals surface area contributed by atoms with Gasteiger partial charge >= 0.3 is 6.18 Å². The lowest BCUT2D eigenvalue weighted by atomic mass is 10.2. The van der Waals surface area contributed by atoms with Crippen molar-refractivity contribution in [2.24, 2.45) is 0 Å². The lowest BCUT2D eigenvalue weighted by Gasteiger charge is -2.11. The number of amides is 1. The van der Waals surface area contributed by atoms with E-state index in [4.69, 9.17) is 0 Å². The number of nitrogens with zero attached hydrogens (tertiary/aromatic N) is 2. The van der Waals surface area contributed by atoms with Crippen LogP contribution in [0.25, 0.3) is 22.3 Å². The van der Waals surface area contributed by atoms with Gasteiger partial charge in [0.15, 0.2) is 5.82 Å². The summed E-state index contributed by atoms with van der Waals surface area (Å²) in [5.41, 5.74) is 0.0691. The van der Waals surface area contributed by atoms with Gasteiger partial charge in [0.2, 0.25) is 5.91 Å². The summed E-state index contributed by atoms with van der Waals surface area (Å²) in [5.74, 6) is -1.44. The molecule has 3 aromatic carbocycles. The summed E-state index contributed by atoms with van der Waals surface area (Å²) in [6.07, 6.45) is -4.53. The minimum atomic E-state index is -4.53. The number of hydrogen-bond acceptors (Lipinski definition) is 4. The van der Waals surface area contributed by atoms with E-state index in [2.05, 4.69) is 15.3 Å². The highest BCUT2D eigenvalue weighted by molar-refractivity contribution is 8.00. The highest BCUT2D eigenvalue weighted by atomic mass is 32.2. The van der Waals surface area contributed by atoms with Gasteiger partial charge in [-0.3, -0.25) is 4.79 Å². The zero-order valence-electron chi connectivity index (χ0n) is 16.7. The molecule has 0 atom stereocenters. The van der Waals surface area contributed by atoms with Gasteiger partial charge in [0, 0.05) is 16.6 Å². The number of halogens is 5. The van der Waals surface area contributed by atoms with Crippen molar-refractivity contribution in [1.82, 2.24) is 9.97 Å². The molecule has 4 rings (SSSR count). The van der Waals surface area contributed by atoms with E-state index in [9.17, 15) is 26.7 Å². The number of carbonyl (C=O) groups excluding carboxylic acids is 1. The van der Waals surface area contributed by atoms with Crippen molar-refractivity contribution < 1.29 is 26.7 Å². The van der Waals surface area contributed by atoms with Crippen LogP contribution in [0.5, 0.6) is 0 Å². The molecule has 0 aliphatic heterocycles. The van der Waals surface area contributed by atoms with Crippen LogP contribution in [0.15, 0.2) is 71.8 Å². The van der Waals surface area contributed by atoms with E-state index >= 15 is 0 Å². The van der Waals surface area contributed by atoms with Crippen molar-refractivity contribution in [1.29, 1.82) is 0 Å². The van der Waals surface area contributed by atoms with Gasteiger partial charge in [-0.1, -0.05) is 17.8 Å². The number of rotatable bonds is 5. The Bertz CT molecular complexity index is 1330. The van der Waals surface area contributed by atoms with Gasteiger partial charge < -0.3 is 5.32 Å². The van der Waals surface area contributed by atoms with Crippen LogP contribution in [0.4, 0.5) is 27.6 Å². The van der Waals surface area contributed by atoms with Crippen molar-refractivity contribution in [3.05, 3.63) is 83.9 Å². The van der Waals surface area contributed by atoms with E-state index in [1.807, 2.05) is 0 Å².